The number of amides is 1. The van der Waals surface area contributed by atoms with Crippen molar-refractivity contribution >= 4 is 17.4 Å². The first-order chi connectivity index (χ1) is 12.5. The van der Waals surface area contributed by atoms with Crippen LogP contribution >= 0.6 is 0 Å². The molecule has 1 aliphatic rings. The molecule has 1 aliphatic carbocycles. The molecule has 26 heavy (non-hydrogen) atoms. The lowest BCUT2D eigenvalue weighted by molar-refractivity contribution is -0.124. The number of hydroxylamine groups is 1. The van der Waals surface area contributed by atoms with Gasteiger partial charge in [-0.3, -0.25) is 14.8 Å². The topological polar surface area (TPSA) is 78.4 Å². The number of allylic oxidation sites excluding steroid dienone is 3. The second-order valence-corrected chi connectivity index (χ2v) is 6.93. The Labute approximate surface area is 155 Å². The average Bonchev–Trinajstić information content (AvgIpc) is 2.66. The second-order valence-electron chi connectivity index (χ2n) is 6.93. The quantitative estimate of drug-likeness (QED) is 0.224. The first-order valence-corrected chi connectivity index (χ1v) is 9.21. The molecule has 140 valence electrons. The fourth-order valence-electron chi connectivity index (χ4n) is 3.25. The van der Waals surface area contributed by atoms with Crippen LogP contribution in [0.2, 0.25) is 0 Å². The minimum atomic E-state index is -0.599. The average molecular weight is 356 g/mol. The van der Waals surface area contributed by atoms with Crippen molar-refractivity contribution in [2.24, 2.45) is 5.92 Å². The summed E-state index contributed by atoms with van der Waals surface area (Å²) in [5, 5.41) is 12.0. The molecule has 0 unspecified atom stereocenters. The Morgan fingerprint density at radius 1 is 1.12 bits per heavy atom. The highest BCUT2D eigenvalue weighted by Gasteiger charge is 2.15. The summed E-state index contributed by atoms with van der Waals surface area (Å²) in [6, 6.07) is 8.20. The second kappa shape index (κ2) is 9.92. The Bertz CT molecular complexity index is 671. The first kappa shape index (κ1) is 19.9. The first-order valence-electron chi connectivity index (χ1n) is 9.21. The van der Waals surface area contributed by atoms with Crippen LogP contribution < -0.4 is 10.8 Å². The summed E-state index contributed by atoms with van der Waals surface area (Å²) in [5.41, 5.74) is 4.05. The van der Waals surface area contributed by atoms with Crippen molar-refractivity contribution in [1.29, 1.82) is 0 Å². The van der Waals surface area contributed by atoms with E-state index in [9.17, 15) is 9.59 Å². The van der Waals surface area contributed by atoms with E-state index in [-0.39, 0.29) is 11.7 Å². The molecule has 1 aromatic rings. The molecule has 0 heterocycles. The molecule has 0 radical (unpaired) electrons. The van der Waals surface area contributed by atoms with Crippen molar-refractivity contribution in [3.8, 4) is 0 Å². The minimum absolute atomic E-state index is 0.0357. The molecule has 5 nitrogen and oxygen atoms in total. The van der Waals surface area contributed by atoms with Gasteiger partial charge in [-0.2, -0.15) is 0 Å². The molecule has 0 aliphatic heterocycles. The van der Waals surface area contributed by atoms with Crippen molar-refractivity contribution in [2.45, 2.75) is 52.0 Å². The lowest BCUT2D eigenvalue weighted by Crippen LogP contribution is -2.22. The van der Waals surface area contributed by atoms with Gasteiger partial charge in [-0.05, 0) is 44.0 Å². The third kappa shape index (κ3) is 6.15. The fraction of sp³-hybridized carbons (Fsp3) is 0.429. The number of nitrogens with one attached hydrogen (secondary N) is 2. The number of carbonyl (C=O) groups is 2. The molecule has 0 saturated heterocycles. The van der Waals surface area contributed by atoms with Crippen molar-refractivity contribution in [3.63, 3.8) is 0 Å². The van der Waals surface area contributed by atoms with Crippen LogP contribution in [0.4, 0.5) is 5.69 Å². The van der Waals surface area contributed by atoms with Gasteiger partial charge >= 0.3 is 0 Å². The predicted molar refractivity (Wildman–Crippen MR) is 103 cm³/mol. The summed E-state index contributed by atoms with van der Waals surface area (Å²) in [6.07, 6.45) is 10.9. The molecule has 1 fully saturated rings. The van der Waals surface area contributed by atoms with Crippen LogP contribution in [-0.4, -0.2) is 22.9 Å². The van der Waals surface area contributed by atoms with Gasteiger partial charge in [0.25, 0.3) is 5.91 Å². The molecular formula is C21H28N2O3. The van der Waals surface area contributed by atoms with E-state index in [1.165, 1.54) is 43.7 Å². The van der Waals surface area contributed by atoms with Crippen molar-refractivity contribution < 1.29 is 14.8 Å². The van der Waals surface area contributed by atoms with Gasteiger partial charge < -0.3 is 5.32 Å². The van der Waals surface area contributed by atoms with E-state index >= 15 is 0 Å². The summed E-state index contributed by atoms with van der Waals surface area (Å²) in [6.45, 7) is 3.64. The fourth-order valence-corrected chi connectivity index (χ4v) is 3.25. The van der Waals surface area contributed by atoms with Gasteiger partial charge in [0.2, 0.25) is 0 Å². The molecule has 1 amide bonds. The standard InChI is InChI=1S/C21H28N2O3/c1-15(8-13-20(24)23-26)14-16(2)21(25)17-9-11-19(12-10-17)22-18-6-4-3-5-7-18/h8-14,16,18,22,26H,3-7H2,1-2H3,(H,23,24)/t16-/m1/s1. The number of rotatable bonds is 7. The smallest absolute Gasteiger partial charge is 0.267 e. The molecule has 5 heteroatoms. The number of anilines is 1. The zero-order chi connectivity index (χ0) is 18.9. The van der Waals surface area contributed by atoms with Gasteiger partial charge in [0, 0.05) is 29.3 Å². The van der Waals surface area contributed by atoms with Crippen molar-refractivity contribution in [1.82, 2.24) is 5.48 Å². The van der Waals surface area contributed by atoms with E-state index in [4.69, 9.17) is 5.21 Å². The van der Waals surface area contributed by atoms with Gasteiger partial charge in [0.1, 0.15) is 0 Å². The van der Waals surface area contributed by atoms with Crippen LogP contribution in [0, 0.1) is 5.92 Å². The zero-order valence-electron chi connectivity index (χ0n) is 15.5. The molecule has 0 spiro atoms. The number of benzene rings is 1. The monoisotopic (exact) mass is 356 g/mol. The zero-order valence-corrected chi connectivity index (χ0v) is 15.5. The lowest BCUT2D eigenvalue weighted by Gasteiger charge is -2.23. The van der Waals surface area contributed by atoms with E-state index in [0.717, 1.165) is 11.3 Å². The van der Waals surface area contributed by atoms with Crippen LogP contribution in [0.15, 0.2) is 48.1 Å². The molecule has 3 N–H and O–H groups in total. The third-order valence-electron chi connectivity index (χ3n) is 4.68. The molecule has 1 saturated carbocycles. The number of carbonyl (C=O) groups excluding carboxylic acids is 2. The third-order valence-corrected chi connectivity index (χ3v) is 4.68. The molecule has 1 aromatic carbocycles. The summed E-state index contributed by atoms with van der Waals surface area (Å²) >= 11 is 0. The van der Waals surface area contributed by atoms with Crippen LogP contribution in [0.3, 0.4) is 0 Å². The number of Topliss-reactive ketones (excluding diaryl/α,β-unsaturated/α-hetero) is 1. The van der Waals surface area contributed by atoms with Crippen LogP contribution in [0.5, 0.6) is 0 Å². The molecule has 1 atom stereocenters. The largest absolute Gasteiger partial charge is 0.382 e. The molecule has 2 rings (SSSR count). The highest BCUT2D eigenvalue weighted by molar-refractivity contribution is 5.99. The van der Waals surface area contributed by atoms with Crippen molar-refractivity contribution in [2.75, 3.05) is 5.32 Å². The van der Waals surface area contributed by atoms with Crippen LogP contribution in [0.25, 0.3) is 0 Å². The Morgan fingerprint density at radius 2 is 1.77 bits per heavy atom. The highest BCUT2D eigenvalue weighted by atomic mass is 16.5. The van der Waals surface area contributed by atoms with Crippen LogP contribution in [0.1, 0.15) is 56.3 Å². The van der Waals surface area contributed by atoms with Crippen molar-refractivity contribution in [3.05, 3.63) is 53.6 Å². The Hall–Kier alpha value is -2.40. The SMILES string of the molecule is CC(C=CC(=O)NO)=C[C@@H](C)C(=O)c1ccc(NC2CCCCC2)cc1. The molecule has 0 aromatic heterocycles. The Balaban J connectivity index is 1.95. The van der Waals surface area contributed by atoms with Gasteiger partial charge in [0.05, 0.1) is 0 Å². The maximum Gasteiger partial charge on any atom is 0.267 e. The normalized spacial score (nSPS) is 17.1. The van der Waals surface area contributed by atoms with Gasteiger partial charge in [-0.25, -0.2) is 5.48 Å². The number of hydrogen-bond donors (Lipinski definition) is 3. The van der Waals surface area contributed by atoms with Crippen LogP contribution in [-0.2, 0) is 4.79 Å². The maximum atomic E-state index is 12.6. The molecule has 0 bridgehead atoms. The van der Waals surface area contributed by atoms with E-state index < -0.39 is 5.91 Å². The van der Waals surface area contributed by atoms with E-state index in [2.05, 4.69) is 5.32 Å². The van der Waals surface area contributed by atoms with Gasteiger partial charge in [-0.1, -0.05) is 43.9 Å². The molecular weight excluding hydrogens is 328 g/mol. The number of hydrogen-bond acceptors (Lipinski definition) is 4. The summed E-state index contributed by atoms with van der Waals surface area (Å²) in [5.74, 6) is -0.861. The highest BCUT2D eigenvalue weighted by Crippen LogP contribution is 2.22. The Kier molecular flexibility index (Phi) is 7.60. The summed E-state index contributed by atoms with van der Waals surface area (Å²) in [4.78, 5) is 23.6. The van der Waals surface area contributed by atoms with E-state index in [1.54, 1.807) is 12.2 Å². The summed E-state index contributed by atoms with van der Waals surface area (Å²) < 4.78 is 0. The van der Waals surface area contributed by atoms with E-state index in [1.807, 2.05) is 38.1 Å². The van der Waals surface area contributed by atoms with Gasteiger partial charge in [0.15, 0.2) is 5.78 Å². The van der Waals surface area contributed by atoms with E-state index in [0.29, 0.717) is 11.6 Å². The minimum Gasteiger partial charge on any atom is -0.382 e. The Morgan fingerprint density at radius 3 is 2.38 bits per heavy atom. The van der Waals surface area contributed by atoms with Gasteiger partial charge in [-0.15, -0.1) is 0 Å². The predicted octanol–water partition coefficient (Wildman–Crippen LogP) is 4.26. The maximum absolute atomic E-state index is 12.6. The number of ketones is 1. The summed E-state index contributed by atoms with van der Waals surface area (Å²) in [7, 11) is 0. The lowest BCUT2D eigenvalue weighted by atomic mass is 9.95.